The summed E-state index contributed by atoms with van der Waals surface area (Å²) in [6.07, 6.45) is 0.634. The van der Waals surface area contributed by atoms with Crippen LogP contribution in [0.3, 0.4) is 0 Å². The summed E-state index contributed by atoms with van der Waals surface area (Å²) in [4.78, 5) is 23.1. The van der Waals surface area contributed by atoms with Crippen molar-refractivity contribution in [3.05, 3.63) is 35.4 Å². The zero-order valence-corrected chi connectivity index (χ0v) is 11.8. The average Bonchev–Trinajstić information content (AvgIpc) is 2.44. The number of hydrogen-bond donors (Lipinski definition) is 3. The first-order chi connectivity index (χ1) is 9.40. The highest BCUT2D eigenvalue weighted by molar-refractivity contribution is 5.83. The van der Waals surface area contributed by atoms with Crippen LogP contribution in [0.25, 0.3) is 0 Å². The van der Waals surface area contributed by atoms with Crippen molar-refractivity contribution >= 4 is 11.9 Å². The van der Waals surface area contributed by atoms with E-state index in [1.54, 1.807) is 13.8 Å². The van der Waals surface area contributed by atoms with Crippen molar-refractivity contribution in [3.8, 4) is 0 Å². The molecule has 0 aromatic heterocycles. The minimum atomic E-state index is -0.956. The van der Waals surface area contributed by atoms with Gasteiger partial charge in [0, 0.05) is 13.1 Å². The molecule has 108 valence electrons. The van der Waals surface area contributed by atoms with E-state index in [4.69, 9.17) is 5.11 Å². The third kappa shape index (κ3) is 3.17. The molecule has 0 saturated carbocycles. The summed E-state index contributed by atoms with van der Waals surface area (Å²) < 4.78 is 0. The van der Waals surface area contributed by atoms with Crippen LogP contribution in [0.5, 0.6) is 0 Å². The third-order valence-electron chi connectivity index (χ3n) is 3.68. The normalized spacial score (nSPS) is 18.2. The fourth-order valence-corrected chi connectivity index (χ4v) is 2.15. The standard InChI is InChI=1S/C15H20N2O3/c1-15(2,14(19)20)9-17-13(18)12-7-10-5-3-4-6-11(10)8-16-12/h3-6,12,16H,7-9H2,1-2H3,(H,17,18)(H,19,20)/t12-/m1/s1. The molecule has 0 spiro atoms. The van der Waals surface area contributed by atoms with E-state index in [-0.39, 0.29) is 18.5 Å². The van der Waals surface area contributed by atoms with Gasteiger partial charge in [-0.2, -0.15) is 0 Å². The number of amides is 1. The number of nitrogens with one attached hydrogen (secondary N) is 2. The highest BCUT2D eigenvalue weighted by atomic mass is 16.4. The topological polar surface area (TPSA) is 78.4 Å². The Bertz CT molecular complexity index is 526. The first kappa shape index (κ1) is 14.5. The molecule has 0 saturated heterocycles. The van der Waals surface area contributed by atoms with Gasteiger partial charge in [-0.3, -0.25) is 9.59 Å². The monoisotopic (exact) mass is 276 g/mol. The average molecular weight is 276 g/mol. The second-order valence-electron chi connectivity index (χ2n) is 5.81. The smallest absolute Gasteiger partial charge is 0.310 e. The van der Waals surface area contributed by atoms with Gasteiger partial charge in [-0.25, -0.2) is 0 Å². The van der Waals surface area contributed by atoms with Crippen molar-refractivity contribution in [3.63, 3.8) is 0 Å². The Morgan fingerprint density at radius 3 is 2.65 bits per heavy atom. The Kier molecular flexibility index (Phi) is 4.09. The van der Waals surface area contributed by atoms with E-state index in [0.29, 0.717) is 13.0 Å². The molecule has 0 aliphatic carbocycles. The Hall–Kier alpha value is -1.88. The van der Waals surface area contributed by atoms with Crippen molar-refractivity contribution in [1.82, 2.24) is 10.6 Å². The van der Waals surface area contributed by atoms with Gasteiger partial charge < -0.3 is 15.7 Å². The zero-order chi connectivity index (χ0) is 14.8. The molecule has 3 N–H and O–H groups in total. The van der Waals surface area contributed by atoms with E-state index in [2.05, 4.69) is 10.6 Å². The Balaban J connectivity index is 1.94. The molecular formula is C15H20N2O3. The van der Waals surface area contributed by atoms with E-state index >= 15 is 0 Å². The lowest BCUT2D eigenvalue weighted by molar-refractivity contribution is -0.146. The van der Waals surface area contributed by atoms with Gasteiger partial charge >= 0.3 is 5.97 Å². The molecule has 1 aliphatic heterocycles. The molecule has 0 radical (unpaired) electrons. The lowest BCUT2D eigenvalue weighted by atomic mass is 9.92. The summed E-state index contributed by atoms with van der Waals surface area (Å²) in [6.45, 7) is 3.98. The molecule has 0 unspecified atom stereocenters. The third-order valence-corrected chi connectivity index (χ3v) is 3.68. The van der Waals surface area contributed by atoms with Gasteiger partial charge in [0.1, 0.15) is 0 Å². The number of aliphatic carboxylic acids is 1. The second kappa shape index (κ2) is 5.63. The number of carboxylic acid groups (broad SMARTS) is 1. The highest BCUT2D eigenvalue weighted by Gasteiger charge is 2.30. The van der Waals surface area contributed by atoms with Crippen molar-refractivity contribution in [1.29, 1.82) is 0 Å². The summed E-state index contributed by atoms with van der Waals surface area (Å²) in [5.74, 6) is -1.06. The molecule has 5 nitrogen and oxygen atoms in total. The minimum absolute atomic E-state index is 0.126. The van der Waals surface area contributed by atoms with E-state index in [1.165, 1.54) is 11.1 Å². The van der Waals surface area contributed by atoms with Crippen LogP contribution in [-0.4, -0.2) is 29.6 Å². The maximum absolute atomic E-state index is 12.1. The van der Waals surface area contributed by atoms with Crippen LogP contribution in [0.15, 0.2) is 24.3 Å². The maximum atomic E-state index is 12.1. The fourth-order valence-electron chi connectivity index (χ4n) is 2.15. The van der Waals surface area contributed by atoms with Crippen molar-refractivity contribution in [2.45, 2.75) is 32.9 Å². The SMILES string of the molecule is CC(C)(CNC(=O)[C@H]1Cc2ccccc2CN1)C(=O)O. The number of carboxylic acids is 1. The van der Waals surface area contributed by atoms with Gasteiger partial charge in [-0.05, 0) is 31.4 Å². The minimum Gasteiger partial charge on any atom is -0.481 e. The van der Waals surface area contributed by atoms with Gasteiger partial charge in [0.05, 0.1) is 11.5 Å². The van der Waals surface area contributed by atoms with Crippen LogP contribution in [-0.2, 0) is 22.6 Å². The van der Waals surface area contributed by atoms with Crippen molar-refractivity contribution in [2.24, 2.45) is 5.41 Å². The number of fused-ring (bicyclic) bond motifs is 1. The number of benzene rings is 1. The largest absolute Gasteiger partial charge is 0.481 e. The van der Waals surface area contributed by atoms with Gasteiger partial charge in [0.25, 0.3) is 0 Å². The summed E-state index contributed by atoms with van der Waals surface area (Å²) in [6, 6.07) is 7.72. The van der Waals surface area contributed by atoms with Crippen LogP contribution in [0.2, 0.25) is 0 Å². The quantitative estimate of drug-likeness (QED) is 0.764. The van der Waals surface area contributed by atoms with Crippen molar-refractivity contribution < 1.29 is 14.7 Å². The maximum Gasteiger partial charge on any atom is 0.310 e. The number of carbonyl (C=O) groups excluding carboxylic acids is 1. The van der Waals surface area contributed by atoms with E-state index in [9.17, 15) is 9.59 Å². The molecular weight excluding hydrogens is 256 g/mol. The molecule has 1 aromatic rings. The Morgan fingerprint density at radius 2 is 2.00 bits per heavy atom. The van der Waals surface area contributed by atoms with Crippen LogP contribution in [0, 0.1) is 5.41 Å². The number of hydrogen-bond acceptors (Lipinski definition) is 3. The lowest BCUT2D eigenvalue weighted by Gasteiger charge is -2.27. The van der Waals surface area contributed by atoms with E-state index in [0.717, 1.165) is 0 Å². The van der Waals surface area contributed by atoms with Crippen LogP contribution >= 0.6 is 0 Å². The molecule has 5 heteroatoms. The molecule has 1 aromatic carbocycles. The predicted octanol–water partition coefficient (Wildman–Crippen LogP) is 0.928. The van der Waals surface area contributed by atoms with Gasteiger partial charge in [0.15, 0.2) is 0 Å². The van der Waals surface area contributed by atoms with Crippen LogP contribution in [0.1, 0.15) is 25.0 Å². The second-order valence-corrected chi connectivity index (χ2v) is 5.81. The molecule has 2 rings (SSSR count). The van der Waals surface area contributed by atoms with Crippen molar-refractivity contribution in [2.75, 3.05) is 6.54 Å². The Labute approximate surface area is 118 Å². The first-order valence-electron chi connectivity index (χ1n) is 6.71. The molecule has 1 heterocycles. The van der Waals surface area contributed by atoms with Crippen LogP contribution in [0.4, 0.5) is 0 Å². The lowest BCUT2D eigenvalue weighted by Crippen LogP contribution is -2.50. The molecule has 1 aliphatic rings. The number of rotatable bonds is 4. The summed E-state index contributed by atoms with van der Waals surface area (Å²) in [5, 5.41) is 14.9. The van der Waals surface area contributed by atoms with E-state index < -0.39 is 11.4 Å². The number of carbonyl (C=O) groups is 2. The van der Waals surface area contributed by atoms with Crippen LogP contribution < -0.4 is 10.6 Å². The first-order valence-corrected chi connectivity index (χ1v) is 6.71. The summed E-state index contributed by atoms with van der Waals surface area (Å²) in [5.41, 5.74) is 1.42. The van der Waals surface area contributed by atoms with E-state index in [1.807, 2.05) is 24.3 Å². The highest BCUT2D eigenvalue weighted by Crippen LogP contribution is 2.17. The van der Waals surface area contributed by atoms with Gasteiger partial charge in [0.2, 0.25) is 5.91 Å². The summed E-state index contributed by atoms with van der Waals surface area (Å²) >= 11 is 0. The van der Waals surface area contributed by atoms with Gasteiger partial charge in [-0.15, -0.1) is 0 Å². The molecule has 0 bridgehead atoms. The predicted molar refractivity (Wildman–Crippen MR) is 75.2 cm³/mol. The molecule has 0 fully saturated rings. The molecule has 1 amide bonds. The molecule has 1 atom stereocenters. The molecule has 20 heavy (non-hydrogen) atoms. The van der Waals surface area contributed by atoms with Gasteiger partial charge in [-0.1, -0.05) is 24.3 Å². The zero-order valence-electron chi connectivity index (χ0n) is 11.8. The fraction of sp³-hybridized carbons (Fsp3) is 0.467. The Morgan fingerprint density at radius 1 is 1.35 bits per heavy atom. The summed E-state index contributed by atoms with van der Waals surface area (Å²) in [7, 11) is 0.